The Hall–Kier alpha value is -3.48. The Morgan fingerprint density at radius 2 is 1.57 bits per heavy atom. The first-order valence-corrected chi connectivity index (χ1v) is 9.24. The number of nitrogens with one attached hydrogen (secondary N) is 2. The first kappa shape index (κ1) is 19.3. The van der Waals surface area contributed by atoms with Gasteiger partial charge >= 0.3 is 0 Å². The van der Waals surface area contributed by atoms with Crippen LogP contribution in [0.15, 0.2) is 53.3 Å². The third-order valence-corrected chi connectivity index (χ3v) is 4.43. The van der Waals surface area contributed by atoms with Crippen LogP contribution >= 0.6 is 0 Å². The maximum Gasteiger partial charge on any atom is 0.290 e. The summed E-state index contributed by atoms with van der Waals surface area (Å²) in [4.78, 5) is 37.4. The van der Waals surface area contributed by atoms with Crippen molar-refractivity contribution in [3.8, 4) is 0 Å². The Labute approximate surface area is 162 Å². The number of aromatic nitrogens is 2. The predicted octanol–water partition coefficient (Wildman–Crippen LogP) is 2.44. The molecule has 0 unspecified atom stereocenters. The van der Waals surface area contributed by atoms with Crippen molar-refractivity contribution in [2.24, 2.45) is 0 Å². The summed E-state index contributed by atoms with van der Waals surface area (Å²) in [6.07, 6.45) is 1.58. The number of nitrogens with zero attached hydrogens (tertiary/aromatic N) is 2. The summed E-state index contributed by atoms with van der Waals surface area (Å²) in [5.74, 6) is -1.01. The van der Waals surface area contributed by atoms with Crippen molar-refractivity contribution < 1.29 is 9.59 Å². The molecular formula is C21H22N4O3. The zero-order chi connectivity index (χ0) is 20.1. The molecule has 0 aliphatic rings. The Morgan fingerprint density at radius 1 is 0.929 bits per heavy atom. The van der Waals surface area contributed by atoms with Gasteiger partial charge in [0.1, 0.15) is 0 Å². The van der Waals surface area contributed by atoms with E-state index < -0.39 is 11.8 Å². The van der Waals surface area contributed by atoms with E-state index in [0.29, 0.717) is 29.3 Å². The van der Waals surface area contributed by atoms with Crippen LogP contribution in [0.25, 0.3) is 10.8 Å². The number of aryl methyl sites for hydroxylation is 2. The summed E-state index contributed by atoms with van der Waals surface area (Å²) >= 11 is 0. The fraction of sp³-hybridized carbons (Fsp3) is 0.238. The number of benzene rings is 2. The van der Waals surface area contributed by atoms with Gasteiger partial charge in [-0.1, -0.05) is 44.2 Å². The van der Waals surface area contributed by atoms with E-state index in [1.807, 2.05) is 26.0 Å². The van der Waals surface area contributed by atoms with Crippen molar-refractivity contribution in [2.75, 3.05) is 0 Å². The van der Waals surface area contributed by atoms with E-state index >= 15 is 0 Å². The number of rotatable bonds is 5. The van der Waals surface area contributed by atoms with Crippen LogP contribution in [-0.2, 0) is 13.0 Å². The second-order valence-corrected chi connectivity index (χ2v) is 6.38. The van der Waals surface area contributed by atoms with E-state index in [4.69, 9.17) is 0 Å². The van der Waals surface area contributed by atoms with Gasteiger partial charge in [-0.2, -0.15) is 5.10 Å². The van der Waals surface area contributed by atoms with Crippen LogP contribution < -0.4 is 16.4 Å². The highest BCUT2D eigenvalue weighted by Gasteiger charge is 2.17. The lowest BCUT2D eigenvalue weighted by Crippen LogP contribution is -2.42. The van der Waals surface area contributed by atoms with Crippen molar-refractivity contribution in [1.29, 1.82) is 0 Å². The molecule has 2 aromatic carbocycles. The molecule has 144 valence electrons. The maximum absolute atomic E-state index is 12.7. The molecule has 0 aliphatic carbocycles. The molecular weight excluding hydrogens is 356 g/mol. The zero-order valence-electron chi connectivity index (χ0n) is 15.9. The first-order valence-electron chi connectivity index (χ1n) is 9.24. The summed E-state index contributed by atoms with van der Waals surface area (Å²) in [5.41, 5.74) is 6.19. The van der Waals surface area contributed by atoms with E-state index in [-0.39, 0.29) is 11.3 Å². The monoisotopic (exact) mass is 378 g/mol. The van der Waals surface area contributed by atoms with E-state index in [1.165, 1.54) is 4.68 Å². The van der Waals surface area contributed by atoms with Gasteiger partial charge in [0.2, 0.25) is 0 Å². The number of amides is 2. The SMILES string of the molecule is CCCn1nc(C(=O)NNC(=O)c2ccc(CC)cc2)c2ccccc2c1=O. The Balaban J connectivity index is 1.83. The number of carbonyl (C=O) groups is 2. The quantitative estimate of drug-likeness (QED) is 0.667. The fourth-order valence-corrected chi connectivity index (χ4v) is 2.90. The minimum Gasteiger partial charge on any atom is -0.267 e. The third kappa shape index (κ3) is 3.93. The van der Waals surface area contributed by atoms with E-state index in [9.17, 15) is 14.4 Å². The second kappa shape index (κ2) is 8.47. The highest BCUT2D eigenvalue weighted by atomic mass is 16.2. The molecule has 0 aliphatic heterocycles. The van der Waals surface area contributed by atoms with Gasteiger partial charge in [0, 0.05) is 17.5 Å². The molecule has 28 heavy (non-hydrogen) atoms. The van der Waals surface area contributed by atoms with Crippen molar-refractivity contribution >= 4 is 22.6 Å². The van der Waals surface area contributed by atoms with E-state index in [0.717, 1.165) is 12.0 Å². The molecule has 2 amide bonds. The minimum atomic E-state index is -0.584. The number of carbonyl (C=O) groups excluding carboxylic acids is 2. The standard InChI is InChI=1S/C21H22N4O3/c1-3-13-25-21(28)17-8-6-5-7-16(17)18(24-25)20(27)23-22-19(26)15-11-9-14(4-2)10-12-15/h5-12H,3-4,13H2,1-2H3,(H,22,26)(H,23,27). The van der Waals surface area contributed by atoms with Crippen LogP contribution in [0.2, 0.25) is 0 Å². The molecule has 1 heterocycles. The Bertz CT molecular complexity index is 1070. The summed E-state index contributed by atoms with van der Waals surface area (Å²) in [6.45, 7) is 4.36. The van der Waals surface area contributed by atoms with Crippen LogP contribution in [0.5, 0.6) is 0 Å². The highest BCUT2D eigenvalue weighted by Crippen LogP contribution is 2.13. The van der Waals surface area contributed by atoms with Gasteiger partial charge in [0.05, 0.1) is 5.39 Å². The lowest BCUT2D eigenvalue weighted by molar-refractivity contribution is 0.0843. The summed E-state index contributed by atoms with van der Waals surface area (Å²) < 4.78 is 1.28. The zero-order valence-corrected chi connectivity index (χ0v) is 15.9. The Morgan fingerprint density at radius 3 is 2.21 bits per heavy atom. The molecule has 0 fully saturated rings. The second-order valence-electron chi connectivity index (χ2n) is 6.38. The van der Waals surface area contributed by atoms with Gasteiger partial charge in [-0.05, 0) is 36.6 Å². The lowest BCUT2D eigenvalue weighted by Gasteiger charge is -2.11. The van der Waals surface area contributed by atoms with Crippen molar-refractivity contribution in [3.63, 3.8) is 0 Å². The molecule has 3 aromatic rings. The smallest absolute Gasteiger partial charge is 0.267 e. The molecule has 0 atom stereocenters. The normalized spacial score (nSPS) is 10.6. The molecule has 0 radical (unpaired) electrons. The molecule has 2 N–H and O–H groups in total. The van der Waals surface area contributed by atoms with Gasteiger partial charge in [-0.25, -0.2) is 4.68 Å². The predicted molar refractivity (Wildman–Crippen MR) is 107 cm³/mol. The van der Waals surface area contributed by atoms with Crippen molar-refractivity contribution in [1.82, 2.24) is 20.6 Å². The van der Waals surface area contributed by atoms with E-state index in [1.54, 1.807) is 36.4 Å². The Kier molecular flexibility index (Phi) is 5.84. The van der Waals surface area contributed by atoms with Crippen LogP contribution in [0.4, 0.5) is 0 Å². The average Bonchev–Trinajstić information content (AvgIpc) is 2.74. The van der Waals surface area contributed by atoms with Crippen LogP contribution in [0, 0.1) is 0 Å². The molecule has 7 nitrogen and oxygen atoms in total. The number of hydrogen-bond acceptors (Lipinski definition) is 4. The summed E-state index contributed by atoms with van der Waals surface area (Å²) in [5, 5.41) is 5.06. The maximum atomic E-state index is 12.7. The van der Waals surface area contributed by atoms with Crippen LogP contribution in [0.1, 0.15) is 46.7 Å². The topological polar surface area (TPSA) is 93.1 Å². The lowest BCUT2D eigenvalue weighted by atomic mass is 10.1. The number of hydrogen-bond donors (Lipinski definition) is 2. The largest absolute Gasteiger partial charge is 0.290 e. The fourth-order valence-electron chi connectivity index (χ4n) is 2.90. The molecule has 1 aromatic heterocycles. The van der Waals surface area contributed by atoms with Gasteiger partial charge in [0.25, 0.3) is 17.4 Å². The first-order chi connectivity index (χ1) is 13.5. The van der Waals surface area contributed by atoms with Crippen LogP contribution in [-0.4, -0.2) is 21.6 Å². The van der Waals surface area contributed by atoms with Gasteiger partial charge in [-0.3, -0.25) is 25.2 Å². The van der Waals surface area contributed by atoms with E-state index in [2.05, 4.69) is 16.0 Å². The molecule has 0 saturated heterocycles. The average molecular weight is 378 g/mol. The minimum absolute atomic E-state index is 0.0882. The molecule has 0 bridgehead atoms. The summed E-state index contributed by atoms with van der Waals surface area (Å²) in [7, 11) is 0. The number of hydrazine groups is 1. The highest BCUT2D eigenvalue weighted by molar-refractivity contribution is 6.06. The van der Waals surface area contributed by atoms with Gasteiger partial charge < -0.3 is 0 Å². The third-order valence-electron chi connectivity index (χ3n) is 4.43. The molecule has 7 heteroatoms. The van der Waals surface area contributed by atoms with Gasteiger partial charge in [0.15, 0.2) is 5.69 Å². The molecule has 0 spiro atoms. The number of fused-ring (bicyclic) bond motifs is 1. The molecule has 3 rings (SSSR count). The summed E-state index contributed by atoms with van der Waals surface area (Å²) in [6, 6.07) is 13.9. The van der Waals surface area contributed by atoms with Crippen molar-refractivity contribution in [3.05, 3.63) is 75.7 Å². The van der Waals surface area contributed by atoms with Crippen LogP contribution in [0.3, 0.4) is 0 Å². The van der Waals surface area contributed by atoms with Crippen molar-refractivity contribution in [2.45, 2.75) is 33.2 Å². The molecule has 0 saturated carbocycles. The van der Waals surface area contributed by atoms with Gasteiger partial charge in [-0.15, -0.1) is 0 Å².